The molecular formula is C34H22Cl4N4O2. The van der Waals surface area contributed by atoms with E-state index < -0.39 is 0 Å². The van der Waals surface area contributed by atoms with Gasteiger partial charge in [0.05, 0.1) is 53.6 Å². The minimum Gasteiger partial charge on any atom is -0.350 e. The molecule has 4 aromatic carbocycles. The second kappa shape index (κ2) is 12.8. The molecule has 44 heavy (non-hydrogen) atoms. The van der Waals surface area contributed by atoms with E-state index in [4.69, 9.17) is 56.4 Å². The van der Waals surface area contributed by atoms with Crippen LogP contribution < -0.4 is 10.6 Å². The molecule has 6 rings (SSSR count). The summed E-state index contributed by atoms with van der Waals surface area (Å²) in [6, 6.07) is 28.7. The molecule has 0 unspecified atom stereocenters. The van der Waals surface area contributed by atoms with Crippen LogP contribution in [-0.2, 0) is 0 Å². The van der Waals surface area contributed by atoms with Gasteiger partial charge in [0.15, 0.2) is 0 Å². The Labute approximate surface area is 273 Å². The van der Waals surface area contributed by atoms with E-state index >= 15 is 0 Å². The van der Waals surface area contributed by atoms with Gasteiger partial charge in [0, 0.05) is 35.0 Å². The fourth-order valence-electron chi connectivity index (χ4n) is 4.88. The number of nitrogens with one attached hydrogen (secondary N) is 2. The summed E-state index contributed by atoms with van der Waals surface area (Å²) < 4.78 is 0. The van der Waals surface area contributed by atoms with Gasteiger partial charge in [-0.1, -0.05) is 94.9 Å². The number of aromatic nitrogens is 2. The molecule has 2 N–H and O–H groups in total. The van der Waals surface area contributed by atoms with Crippen molar-refractivity contribution in [2.75, 3.05) is 13.1 Å². The van der Waals surface area contributed by atoms with Crippen LogP contribution in [-0.4, -0.2) is 34.9 Å². The maximum Gasteiger partial charge on any atom is 0.252 e. The normalized spacial score (nSPS) is 11.1. The van der Waals surface area contributed by atoms with Crippen molar-refractivity contribution in [3.63, 3.8) is 0 Å². The Balaban J connectivity index is 1.20. The van der Waals surface area contributed by atoms with Gasteiger partial charge in [-0.15, -0.1) is 0 Å². The molecule has 0 spiro atoms. The zero-order valence-corrected chi connectivity index (χ0v) is 25.9. The molecule has 0 bridgehead atoms. The molecule has 0 saturated carbocycles. The molecule has 2 aromatic heterocycles. The van der Waals surface area contributed by atoms with Crippen molar-refractivity contribution in [2.24, 2.45) is 0 Å². The molecule has 218 valence electrons. The Morgan fingerprint density at radius 3 is 1.34 bits per heavy atom. The van der Waals surface area contributed by atoms with Gasteiger partial charge in [0.2, 0.25) is 0 Å². The van der Waals surface area contributed by atoms with E-state index in [1.54, 1.807) is 48.5 Å². The zero-order chi connectivity index (χ0) is 30.8. The molecule has 0 aliphatic carbocycles. The molecule has 0 aliphatic rings. The predicted molar refractivity (Wildman–Crippen MR) is 179 cm³/mol. The molecule has 0 radical (unpaired) electrons. The summed E-state index contributed by atoms with van der Waals surface area (Å²) >= 11 is 24.7. The number of carbonyl (C=O) groups is 2. The van der Waals surface area contributed by atoms with E-state index in [9.17, 15) is 9.59 Å². The predicted octanol–water partition coefficient (Wildman–Crippen LogP) is 8.89. The van der Waals surface area contributed by atoms with E-state index in [1.165, 1.54) is 0 Å². The summed E-state index contributed by atoms with van der Waals surface area (Å²) in [6.07, 6.45) is 0. The second-order valence-corrected chi connectivity index (χ2v) is 11.5. The van der Waals surface area contributed by atoms with E-state index in [1.807, 2.05) is 48.5 Å². The zero-order valence-electron chi connectivity index (χ0n) is 22.9. The van der Waals surface area contributed by atoms with Crippen LogP contribution in [0, 0.1) is 0 Å². The number of hydrogen-bond donors (Lipinski definition) is 2. The first kappa shape index (κ1) is 29.9. The monoisotopic (exact) mass is 658 g/mol. The highest BCUT2D eigenvalue weighted by molar-refractivity contribution is 6.42. The highest BCUT2D eigenvalue weighted by atomic mass is 35.5. The molecule has 0 fully saturated rings. The van der Waals surface area contributed by atoms with Gasteiger partial charge >= 0.3 is 0 Å². The number of para-hydroxylation sites is 2. The van der Waals surface area contributed by atoms with Gasteiger partial charge in [0.25, 0.3) is 11.8 Å². The Kier molecular flexibility index (Phi) is 8.69. The standard InChI is InChI=1S/C34H22Cl4N4O2/c35-25-11-9-19(15-27(25)37)31-17-23(21-5-1-3-7-29(21)41-31)33(43)39-13-14-40-34(44)24-18-32(20-10-12-26(36)28(38)16-20)42-30-8-4-2-6-22(24)30/h1-12,15-18H,13-14H2,(H,39,43)(H,40,44). The van der Waals surface area contributed by atoms with Crippen LogP contribution in [0.4, 0.5) is 0 Å². The summed E-state index contributed by atoms with van der Waals surface area (Å²) in [5.41, 5.74) is 4.87. The summed E-state index contributed by atoms with van der Waals surface area (Å²) in [4.78, 5) is 36.2. The number of halogens is 4. The van der Waals surface area contributed by atoms with Gasteiger partial charge < -0.3 is 10.6 Å². The minimum atomic E-state index is -0.296. The van der Waals surface area contributed by atoms with Crippen LogP contribution in [0.5, 0.6) is 0 Å². The van der Waals surface area contributed by atoms with Gasteiger partial charge in [-0.05, 0) is 48.5 Å². The quantitative estimate of drug-likeness (QED) is 0.168. The van der Waals surface area contributed by atoms with Crippen LogP contribution in [0.3, 0.4) is 0 Å². The second-order valence-electron chi connectivity index (χ2n) is 9.91. The SMILES string of the molecule is O=C(NCCNC(=O)c1cc(-c2ccc(Cl)c(Cl)c2)nc2ccccc12)c1cc(-c2ccc(Cl)c(Cl)c2)nc2ccccc12. The van der Waals surface area contributed by atoms with Crippen LogP contribution >= 0.6 is 46.4 Å². The van der Waals surface area contributed by atoms with Crippen molar-refractivity contribution in [3.8, 4) is 22.5 Å². The summed E-state index contributed by atoms with van der Waals surface area (Å²) in [5, 5.41) is 8.89. The molecule has 10 heteroatoms. The first-order valence-electron chi connectivity index (χ1n) is 13.6. The van der Waals surface area contributed by atoms with Gasteiger partial charge in [-0.25, -0.2) is 9.97 Å². The number of amides is 2. The molecule has 0 aliphatic heterocycles. The lowest BCUT2D eigenvalue weighted by Crippen LogP contribution is -2.35. The van der Waals surface area contributed by atoms with Crippen LogP contribution in [0.2, 0.25) is 20.1 Å². The van der Waals surface area contributed by atoms with E-state index in [2.05, 4.69) is 10.6 Å². The summed E-state index contributed by atoms with van der Waals surface area (Å²) in [7, 11) is 0. The lowest BCUT2D eigenvalue weighted by Gasteiger charge is -2.13. The first-order chi connectivity index (χ1) is 21.3. The average Bonchev–Trinajstić information content (AvgIpc) is 3.04. The molecule has 6 nitrogen and oxygen atoms in total. The number of benzene rings is 4. The summed E-state index contributed by atoms with van der Waals surface area (Å²) in [6.45, 7) is 0.401. The smallest absolute Gasteiger partial charge is 0.252 e. The molecular weight excluding hydrogens is 638 g/mol. The molecule has 2 heterocycles. The summed E-state index contributed by atoms with van der Waals surface area (Å²) in [5.74, 6) is -0.592. The highest BCUT2D eigenvalue weighted by Gasteiger charge is 2.17. The Morgan fingerprint density at radius 1 is 0.523 bits per heavy atom. The van der Waals surface area contributed by atoms with E-state index in [-0.39, 0.29) is 24.9 Å². The highest BCUT2D eigenvalue weighted by Crippen LogP contribution is 2.31. The van der Waals surface area contributed by atoms with Gasteiger partial charge in [-0.3, -0.25) is 9.59 Å². The first-order valence-corrected chi connectivity index (χ1v) is 15.1. The fourth-order valence-corrected chi connectivity index (χ4v) is 5.47. The van der Waals surface area contributed by atoms with Crippen LogP contribution in [0.25, 0.3) is 44.3 Å². The number of fused-ring (bicyclic) bond motifs is 2. The number of nitrogens with zero attached hydrogens (tertiary/aromatic N) is 2. The molecule has 6 aromatic rings. The number of rotatable bonds is 7. The van der Waals surface area contributed by atoms with Crippen molar-refractivity contribution < 1.29 is 9.59 Å². The number of carbonyl (C=O) groups excluding carboxylic acids is 2. The average molecular weight is 660 g/mol. The molecule has 0 saturated heterocycles. The lowest BCUT2D eigenvalue weighted by molar-refractivity contribution is 0.0929. The fraction of sp³-hybridized carbons (Fsp3) is 0.0588. The Bertz CT molecular complexity index is 1930. The van der Waals surface area contributed by atoms with E-state index in [0.29, 0.717) is 64.4 Å². The van der Waals surface area contributed by atoms with Gasteiger partial charge in [0.1, 0.15) is 0 Å². The third kappa shape index (κ3) is 6.21. The Hall–Kier alpha value is -4.20. The largest absolute Gasteiger partial charge is 0.350 e. The van der Waals surface area contributed by atoms with Crippen molar-refractivity contribution in [1.82, 2.24) is 20.6 Å². The lowest BCUT2D eigenvalue weighted by atomic mass is 10.0. The number of pyridine rings is 2. The number of hydrogen-bond acceptors (Lipinski definition) is 4. The van der Waals surface area contributed by atoms with E-state index in [0.717, 1.165) is 11.1 Å². The van der Waals surface area contributed by atoms with Gasteiger partial charge in [-0.2, -0.15) is 0 Å². The van der Waals surface area contributed by atoms with Crippen molar-refractivity contribution >= 4 is 80.0 Å². The molecule has 0 atom stereocenters. The van der Waals surface area contributed by atoms with Crippen molar-refractivity contribution in [2.45, 2.75) is 0 Å². The third-order valence-electron chi connectivity index (χ3n) is 7.05. The maximum atomic E-state index is 13.4. The van der Waals surface area contributed by atoms with Crippen molar-refractivity contribution in [3.05, 3.63) is 128 Å². The van der Waals surface area contributed by atoms with Crippen LogP contribution in [0.15, 0.2) is 97.1 Å². The maximum absolute atomic E-state index is 13.4. The van der Waals surface area contributed by atoms with Crippen LogP contribution in [0.1, 0.15) is 20.7 Å². The molecule has 2 amide bonds. The third-order valence-corrected chi connectivity index (χ3v) is 8.53. The topological polar surface area (TPSA) is 84.0 Å². The Morgan fingerprint density at radius 2 is 0.932 bits per heavy atom. The van der Waals surface area contributed by atoms with Crippen molar-refractivity contribution in [1.29, 1.82) is 0 Å². The minimum absolute atomic E-state index is 0.200.